The van der Waals surface area contributed by atoms with Crippen molar-refractivity contribution in [2.24, 2.45) is 0 Å². The van der Waals surface area contributed by atoms with Crippen LogP contribution in [0.25, 0.3) is 16.8 Å². The maximum absolute atomic E-state index is 12.5. The highest BCUT2D eigenvalue weighted by molar-refractivity contribution is 6.04. The maximum atomic E-state index is 12.5. The van der Waals surface area contributed by atoms with Gasteiger partial charge in [0.1, 0.15) is 28.7 Å². The highest BCUT2D eigenvalue weighted by atomic mass is 16.5. The molecule has 4 aromatic rings. The number of anilines is 2. The van der Waals surface area contributed by atoms with Crippen LogP contribution in [0.1, 0.15) is 35.1 Å². The van der Waals surface area contributed by atoms with E-state index in [-0.39, 0.29) is 11.9 Å². The zero-order chi connectivity index (χ0) is 21.4. The SMILES string of the molecule is Nc1nccn2c([C@@H]3CCCN3O)nc(-c3ccc(C(=O)Nc4ccccn4)cc3)c12. The lowest BCUT2D eigenvalue weighted by molar-refractivity contribution is -0.106. The minimum Gasteiger partial charge on any atom is -0.382 e. The largest absolute Gasteiger partial charge is 0.382 e. The Kier molecular flexibility index (Phi) is 4.81. The minimum absolute atomic E-state index is 0.202. The van der Waals surface area contributed by atoms with E-state index in [1.807, 2.05) is 22.6 Å². The predicted molar refractivity (Wildman–Crippen MR) is 115 cm³/mol. The molecule has 0 aliphatic carbocycles. The van der Waals surface area contributed by atoms with Crippen LogP contribution >= 0.6 is 0 Å². The van der Waals surface area contributed by atoms with Gasteiger partial charge in [-0.3, -0.25) is 9.20 Å². The van der Waals surface area contributed by atoms with Gasteiger partial charge in [-0.25, -0.2) is 15.0 Å². The Bertz CT molecular complexity index is 1240. The second-order valence-electron chi connectivity index (χ2n) is 7.42. The Labute approximate surface area is 178 Å². The Hall–Kier alpha value is -3.82. The summed E-state index contributed by atoms with van der Waals surface area (Å²) in [4.78, 5) is 25.7. The Morgan fingerprint density at radius 1 is 1.13 bits per heavy atom. The third-order valence-corrected chi connectivity index (χ3v) is 5.46. The molecule has 0 spiro atoms. The third kappa shape index (κ3) is 3.49. The number of rotatable bonds is 4. The van der Waals surface area contributed by atoms with Gasteiger partial charge in [0.05, 0.1) is 6.04 Å². The number of benzene rings is 1. The number of hydrogen-bond acceptors (Lipinski definition) is 7. The molecule has 31 heavy (non-hydrogen) atoms. The summed E-state index contributed by atoms with van der Waals surface area (Å²) in [6.07, 6.45) is 6.75. The highest BCUT2D eigenvalue weighted by Gasteiger charge is 2.30. The topological polar surface area (TPSA) is 122 Å². The van der Waals surface area contributed by atoms with E-state index in [9.17, 15) is 10.0 Å². The van der Waals surface area contributed by atoms with Gasteiger partial charge in [0.2, 0.25) is 0 Å². The molecule has 9 nitrogen and oxygen atoms in total. The van der Waals surface area contributed by atoms with E-state index in [4.69, 9.17) is 10.7 Å². The van der Waals surface area contributed by atoms with Crippen LogP contribution in [0.5, 0.6) is 0 Å². The number of nitrogens with two attached hydrogens (primary N) is 1. The van der Waals surface area contributed by atoms with Gasteiger partial charge in [0.25, 0.3) is 5.91 Å². The monoisotopic (exact) mass is 415 g/mol. The number of hydrogen-bond donors (Lipinski definition) is 3. The van der Waals surface area contributed by atoms with Crippen molar-refractivity contribution in [2.75, 3.05) is 17.6 Å². The summed E-state index contributed by atoms with van der Waals surface area (Å²) < 4.78 is 1.89. The summed E-state index contributed by atoms with van der Waals surface area (Å²) in [5.74, 6) is 1.32. The lowest BCUT2D eigenvalue weighted by Crippen LogP contribution is -2.20. The predicted octanol–water partition coefficient (Wildman–Crippen LogP) is 3.15. The average molecular weight is 415 g/mol. The van der Waals surface area contributed by atoms with Crippen molar-refractivity contribution in [3.8, 4) is 11.3 Å². The van der Waals surface area contributed by atoms with Gasteiger partial charge >= 0.3 is 0 Å². The van der Waals surface area contributed by atoms with Crippen LogP contribution < -0.4 is 11.1 Å². The summed E-state index contributed by atoms with van der Waals surface area (Å²) in [5.41, 5.74) is 8.84. The van der Waals surface area contributed by atoms with E-state index in [0.29, 0.717) is 35.0 Å². The van der Waals surface area contributed by atoms with Crippen molar-refractivity contribution in [3.05, 3.63) is 72.4 Å². The lowest BCUT2D eigenvalue weighted by atomic mass is 10.1. The number of pyridine rings is 1. The quantitative estimate of drug-likeness (QED) is 0.468. The van der Waals surface area contributed by atoms with Crippen molar-refractivity contribution in [1.82, 2.24) is 24.4 Å². The third-order valence-electron chi connectivity index (χ3n) is 5.46. The molecule has 4 N–H and O–H groups in total. The van der Waals surface area contributed by atoms with Crippen LogP contribution in [-0.4, -0.2) is 42.1 Å². The van der Waals surface area contributed by atoms with Gasteiger partial charge in [-0.2, -0.15) is 5.06 Å². The van der Waals surface area contributed by atoms with Crippen LogP contribution in [0.15, 0.2) is 61.1 Å². The number of hydroxylamine groups is 2. The van der Waals surface area contributed by atoms with Crippen molar-refractivity contribution in [1.29, 1.82) is 0 Å². The molecule has 5 rings (SSSR count). The molecule has 0 saturated carbocycles. The van der Waals surface area contributed by atoms with Crippen LogP contribution in [-0.2, 0) is 0 Å². The van der Waals surface area contributed by atoms with E-state index in [1.54, 1.807) is 42.9 Å². The first-order valence-corrected chi connectivity index (χ1v) is 10.0. The number of carbonyl (C=O) groups excluding carboxylic acids is 1. The smallest absolute Gasteiger partial charge is 0.256 e. The van der Waals surface area contributed by atoms with Gasteiger partial charge in [-0.15, -0.1) is 0 Å². The van der Waals surface area contributed by atoms with Gasteiger partial charge in [0.15, 0.2) is 0 Å². The molecule has 4 heterocycles. The molecule has 0 radical (unpaired) electrons. The van der Waals surface area contributed by atoms with Gasteiger partial charge in [-0.05, 0) is 37.1 Å². The summed E-state index contributed by atoms with van der Waals surface area (Å²) >= 11 is 0. The molecule has 156 valence electrons. The van der Waals surface area contributed by atoms with Gasteiger partial charge < -0.3 is 16.3 Å². The Morgan fingerprint density at radius 3 is 2.68 bits per heavy atom. The number of nitrogen functional groups attached to an aromatic ring is 1. The standard InChI is InChI=1S/C22H21N7O2/c23-20-19-18(27-21(28(19)13-11-25-20)16-4-3-12-29(16)31)14-6-8-15(9-7-14)22(30)26-17-5-1-2-10-24-17/h1-2,5-11,13,16,31H,3-4,12H2,(H2,23,25)(H,24,26,30)/t16-/m0/s1. The first kappa shape index (κ1) is 19.2. The number of carbonyl (C=O) groups is 1. The van der Waals surface area contributed by atoms with E-state index < -0.39 is 0 Å². The zero-order valence-electron chi connectivity index (χ0n) is 16.6. The number of nitrogens with one attached hydrogen (secondary N) is 1. The van der Waals surface area contributed by atoms with E-state index >= 15 is 0 Å². The normalized spacial score (nSPS) is 16.6. The number of imidazole rings is 1. The van der Waals surface area contributed by atoms with Crippen LogP contribution in [0.3, 0.4) is 0 Å². The molecule has 1 fully saturated rings. The van der Waals surface area contributed by atoms with Gasteiger partial charge in [-0.1, -0.05) is 18.2 Å². The molecule has 0 unspecified atom stereocenters. The fraction of sp³-hybridized carbons (Fsp3) is 0.182. The van der Waals surface area contributed by atoms with Crippen LogP contribution in [0, 0.1) is 0 Å². The first-order valence-electron chi connectivity index (χ1n) is 10.0. The number of aromatic nitrogens is 4. The lowest BCUT2D eigenvalue weighted by Gasteiger charge is -2.16. The fourth-order valence-electron chi connectivity index (χ4n) is 3.94. The van der Waals surface area contributed by atoms with Gasteiger partial charge in [0, 0.05) is 36.3 Å². The molecule has 1 aliphatic rings. The average Bonchev–Trinajstić information content (AvgIpc) is 3.38. The zero-order valence-corrected chi connectivity index (χ0v) is 16.6. The van der Waals surface area contributed by atoms with Crippen molar-refractivity contribution in [2.45, 2.75) is 18.9 Å². The Balaban J connectivity index is 1.50. The Morgan fingerprint density at radius 2 is 1.97 bits per heavy atom. The maximum Gasteiger partial charge on any atom is 0.256 e. The molecular formula is C22H21N7O2. The molecule has 1 saturated heterocycles. The molecule has 9 heteroatoms. The minimum atomic E-state index is -0.247. The molecule has 0 bridgehead atoms. The number of fused-ring (bicyclic) bond motifs is 1. The van der Waals surface area contributed by atoms with E-state index in [0.717, 1.165) is 24.2 Å². The van der Waals surface area contributed by atoms with Crippen molar-refractivity contribution >= 4 is 23.1 Å². The molecule has 1 aliphatic heterocycles. The van der Waals surface area contributed by atoms with Crippen LogP contribution in [0.2, 0.25) is 0 Å². The van der Waals surface area contributed by atoms with Crippen LogP contribution in [0.4, 0.5) is 11.6 Å². The molecule has 1 atom stereocenters. The molecule has 1 amide bonds. The number of nitrogens with zero attached hydrogens (tertiary/aromatic N) is 5. The second kappa shape index (κ2) is 7.78. The highest BCUT2D eigenvalue weighted by Crippen LogP contribution is 2.35. The first-order chi connectivity index (χ1) is 15.1. The molecule has 3 aromatic heterocycles. The second-order valence-corrected chi connectivity index (χ2v) is 7.42. The number of amides is 1. The summed E-state index contributed by atoms with van der Waals surface area (Å²) in [6, 6.07) is 12.3. The summed E-state index contributed by atoms with van der Waals surface area (Å²) in [7, 11) is 0. The molecular weight excluding hydrogens is 394 g/mol. The fourth-order valence-corrected chi connectivity index (χ4v) is 3.94. The summed E-state index contributed by atoms with van der Waals surface area (Å²) in [6.45, 7) is 0.607. The van der Waals surface area contributed by atoms with E-state index in [1.165, 1.54) is 5.06 Å². The molecule has 1 aromatic carbocycles. The van der Waals surface area contributed by atoms with E-state index in [2.05, 4.69) is 15.3 Å². The van der Waals surface area contributed by atoms with Crippen molar-refractivity contribution < 1.29 is 10.0 Å². The van der Waals surface area contributed by atoms with Crippen molar-refractivity contribution in [3.63, 3.8) is 0 Å². The summed E-state index contributed by atoms with van der Waals surface area (Å²) in [5, 5.41) is 14.3.